The van der Waals surface area contributed by atoms with Crippen LogP contribution >= 0.6 is 0 Å². The maximum absolute atomic E-state index is 12.9. The van der Waals surface area contributed by atoms with Gasteiger partial charge in [0.2, 0.25) is 5.91 Å². The summed E-state index contributed by atoms with van der Waals surface area (Å²) < 4.78 is 53.3. The van der Waals surface area contributed by atoms with Crippen molar-refractivity contribution in [2.45, 2.75) is 51.1 Å². The molecule has 0 saturated carbocycles. The van der Waals surface area contributed by atoms with Crippen molar-refractivity contribution in [3.8, 4) is 0 Å². The molecule has 27 heteroatoms. The fraction of sp³-hybridized carbons (Fsp3) is 0.286. The van der Waals surface area contributed by atoms with E-state index in [1.54, 1.807) is 0 Å². The number of amidine groups is 4. The van der Waals surface area contributed by atoms with Gasteiger partial charge in [-0.15, -0.1) is 0 Å². The normalized spacial score (nSPS) is 18.6. The van der Waals surface area contributed by atoms with Crippen LogP contribution in [0, 0.1) is 0 Å². The summed E-state index contributed by atoms with van der Waals surface area (Å²) in [6.45, 7) is 7.90. The van der Waals surface area contributed by atoms with Crippen LogP contribution in [0.15, 0.2) is 127 Å². The number of rotatable bonds is 20. The van der Waals surface area contributed by atoms with Gasteiger partial charge >= 0.3 is 20.9 Å². The lowest BCUT2D eigenvalue weighted by atomic mass is 10.1. The summed E-state index contributed by atoms with van der Waals surface area (Å²) in [5, 5.41) is 11.3. The average molecular weight is 1100 g/mol. The molecule has 7 N–H and O–H groups in total. The zero-order valence-corrected chi connectivity index (χ0v) is 45.8. The highest BCUT2D eigenvalue weighted by Gasteiger charge is 2.58. The van der Waals surface area contributed by atoms with Gasteiger partial charge < -0.3 is 33.8 Å². The van der Waals surface area contributed by atoms with Crippen molar-refractivity contribution in [3.63, 3.8) is 0 Å². The molecule has 4 aromatic carbocycles. The van der Waals surface area contributed by atoms with E-state index in [1.165, 1.54) is 0 Å². The Hall–Kier alpha value is -7.19. The molecule has 10 rings (SSSR count). The average Bonchev–Trinajstić information content (AvgIpc) is 4.17. The number of carbonyl (C=O) groups excluding carboxylic acids is 3. The molecule has 394 valence electrons. The Bertz CT molecular complexity index is 3560. The van der Waals surface area contributed by atoms with Crippen molar-refractivity contribution >= 4 is 110 Å². The van der Waals surface area contributed by atoms with E-state index < -0.39 is 65.9 Å². The molecule has 0 saturated heterocycles. The lowest BCUT2D eigenvalue weighted by Crippen LogP contribution is -2.70. The molecule has 0 spiro atoms. The molecule has 0 aliphatic carbocycles. The number of urea groups is 1. The van der Waals surface area contributed by atoms with Crippen molar-refractivity contribution in [2.24, 2.45) is 41.7 Å². The summed E-state index contributed by atoms with van der Waals surface area (Å²) in [7, 11) is -14.8. The predicted molar refractivity (Wildman–Crippen MR) is 292 cm³/mol. The van der Waals surface area contributed by atoms with Gasteiger partial charge in [0.15, 0.2) is 40.0 Å². The third kappa shape index (κ3) is 10.4. The molecule has 2 aromatic heterocycles. The minimum Gasteiger partial charge on any atom is -0.404 e. The summed E-state index contributed by atoms with van der Waals surface area (Å²) >= 11 is 0. The number of fused-ring (bicyclic) bond motifs is 14. The van der Waals surface area contributed by atoms with Crippen molar-refractivity contribution in [1.82, 2.24) is 24.4 Å². The first kappa shape index (κ1) is 52.3. The number of benzene rings is 4. The highest BCUT2D eigenvalue weighted by molar-refractivity contribution is 7.86. The number of nitrogens with zero attached hydrogens (tertiary/aromatic N) is 8. The molecular weight excluding hydrogens is 1050 g/mol. The van der Waals surface area contributed by atoms with E-state index in [-0.39, 0.29) is 26.2 Å². The number of aromatic nitrogens is 2. The third-order valence-corrected chi connectivity index (χ3v) is 25.7. The van der Waals surface area contributed by atoms with Crippen LogP contribution in [0.1, 0.15) is 35.1 Å². The maximum atomic E-state index is 12.9. The molecule has 76 heavy (non-hydrogen) atoms. The van der Waals surface area contributed by atoms with Gasteiger partial charge in [-0.2, -0.15) is 24.5 Å². The van der Waals surface area contributed by atoms with Crippen LogP contribution in [0.2, 0.25) is 38.3 Å². The zero-order chi connectivity index (χ0) is 53.4. The highest BCUT2D eigenvalue weighted by Crippen LogP contribution is 2.45. The number of ether oxygens (including phenoxy) is 1. The Morgan fingerprint density at radius 3 is 1.47 bits per heavy atom. The molecule has 1 unspecified atom stereocenters. The highest BCUT2D eigenvalue weighted by atomic mass is 32.2. The Morgan fingerprint density at radius 2 is 1.00 bits per heavy atom. The molecule has 23 nitrogen and oxygen atoms in total. The molecule has 0 fully saturated rings. The minimum atomic E-state index is -4.61. The maximum Gasteiger partial charge on any atom is 0.582 e. The molecule has 3 amide bonds. The van der Waals surface area contributed by atoms with Gasteiger partial charge in [0.05, 0.1) is 5.75 Å². The molecular formula is C49H55N13O10SSi3. The fourth-order valence-electron chi connectivity index (χ4n) is 9.63. The summed E-state index contributed by atoms with van der Waals surface area (Å²) in [4.78, 5) is 74.0. The number of amides is 3. The minimum absolute atomic E-state index is 0.209. The van der Waals surface area contributed by atoms with Gasteiger partial charge in [-0.05, 0) is 51.1 Å². The number of hydrogen-bond acceptors (Lipinski definition) is 18. The monoisotopic (exact) mass is 1100 g/mol. The van der Waals surface area contributed by atoms with Crippen LogP contribution in [0.25, 0.3) is 21.5 Å². The van der Waals surface area contributed by atoms with E-state index in [0.717, 1.165) is 43.8 Å². The first-order valence-corrected chi connectivity index (χ1v) is 34.0. The van der Waals surface area contributed by atoms with E-state index in [9.17, 15) is 22.8 Å². The van der Waals surface area contributed by atoms with Crippen molar-refractivity contribution < 1.29 is 44.9 Å². The Kier molecular flexibility index (Phi) is 14.5. The molecule has 6 bridgehead atoms. The smallest absolute Gasteiger partial charge is 0.404 e. The van der Waals surface area contributed by atoms with Crippen LogP contribution in [-0.4, -0.2) is 122 Å². The van der Waals surface area contributed by atoms with Gasteiger partial charge in [0.1, 0.15) is 35.8 Å². The number of carbonyl (C=O) groups is 3. The first-order chi connectivity index (χ1) is 36.5. The zero-order valence-electron chi connectivity index (χ0n) is 42.0. The topological polar surface area (TPSA) is 304 Å². The summed E-state index contributed by atoms with van der Waals surface area (Å²) in [5.41, 5.74) is 4.14. The molecule has 4 aliphatic rings. The van der Waals surface area contributed by atoms with Crippen LogP contribution < -0.4 is 38.7 Å². The quantitative estimate of drug-likeness (QED) is 0.0416. The molecule has 4 aliphatic heterocycles. The van der Waals surface area contributed by atoms with Gasteiger partial charge in [-0.25, -0.2) is 39.5 Å². The van der Waals surface area contributed by atoms with Crippen molar-refractivity contribution in [1.29, 1.82) is 0 Å². The van der Waals surface area contributed by atoms with Crippen LogP contribution in [0.5, 0.6) is 0 Å². The lowest BCUT2D eigenvalue weighted by molar-refractivity contribution is -0.150. The second-order valence-electron chi connectivity index (χ2n) is 19.5. The SMILES string of the molecule is C[Si](C)(CCCNC(=O)COCC(=O)ON)O[Si]1(O[Si](C)(C)CCCNC(=O)NCCS(=O)(=O)ON)n2c3c4ccccc4c2/N=C2N=C(/N=c4/c5ccccc5/c(n41)=N/C1=NC(=N\3)/c3ccccc31)c1ccccc1\2. The number of nitrogens with one attached hydrogen (secondary N) is 3. The molecule has 0 radical (unpaired) electrons. The molecule has 1 atom stereocenters. The van der Waals surface area contributed by atoms with Gasteiger partial charge in [-0.1, -0.05) is 97.1 Å². The third-order valence-electron chi connectivity index (χ3n) is 13.0. The summed E-state index contributed by atoms with van der Waals surface area (Å²) in [6.07, 6.45) is 0.968. The van der Waals surface area contributed by atoms with E-state index >= 15 is 0 Å². The van der Waals surface area contributed by atoms with Gasteiger partial charge in [0.25, 0.3) is 10.1 Å². The van der Waals surface area contributed by atoms with Crippen molar-refractivity contribution in [3.05, 3.63) is 130 Å². The summed E-state index contributed by atoms with van der Waals surface area (Å²) in [6, 6.07) is 32.1. The standard InChI is InChI=1S/C49H55N13O10SSi3/c1-74(2,27-13-23-52-39(63)29-68-30-40(64)69-50)71-76(72-75(3,4)28-14-24-53-49(65)54-25-26-73(66,67)70-51)61-45-35-19-9-10-20-36(35)47(61)59-43-33-17-7-8-18-34(33)44(56-43)60-48-38-22-12-11-21-37(38)46(62(48)76)58-42-32-16-6-5-15-31(32)41(55-42)57-45/h5-12,15-22H,13-14,23-30,50-51H2,1-4H3,(H,52,63)(H2,53,54,65)/b57-41-,57-45?,58-42?,58-46-,59-43-,59-47?,60-44?,60-48-. The van der Waals surface area contributed by atoms with E-state index in [2.05, 4.69) is 59.7 Å². The first-order valence-electron chi connectivity index (χ1n) is 24.5. The van der Waals surface area contributed by atoms with Crippen LogP contribution in [0.4, 0.5) is 16.4 Å². The Morgan fingerprint density at radius 1 is 0.566 bits per heavy atom. The Balaban J connectivity index is 1.19. The van der Waals surface area contributed by atoms with E-state index in [0.29, 0.717) is 70.9 Å². The van der Waals surface area contributed by atoms with Gasteiger partial charge in [-0.3, -0.25) is 13.3 Å². The lowest BCUT2D eigenvalue weighted by Gasteiger charge is -2.43. The van der Waals surface area contributed by atoms with Crippen LogP contribution in [-0.2, 0) is 41.8 Å². The number of nitrogens with two attached hydrogens (primary N) is 2. The molecule has 6 aromatic rings. The van der Waals surface area contributed by atoms with Crippen molar-refractivity contribution in [2.75, 3.05) is 38.6 Å². The number of hydrogen-bond donors (Lipinski definition) is 5. The summed E-state index contributed by atoms with van der Waals surface area (Å²) in [5.74, 6) is 10.8. The second-order valence-corrected chi connectivity index (χ2v) is 32.8. The van der Waals surface area contributed by atoms with E-state index in [4.69, 9.17) is 54.7 Å². The fourth-order valence-corrected chi connectivity index (χ4v) is 22.7. The van der Waals surface area contributed by atoms with Crippen LogP contribution in [0.3, 0.4) is 0 Å². The molecule has 6 heterocycles. The van der Waals surface area contributed by atoms with E-state index in [1.807, 2.05) is 97.1 Å². The number of aliphatic imine (C=N–C) groups is 4. The predicted octanol–water partition coefficient (Wildman–Crippen LogP) is 3.66. The van der Waals surface area contributed by atoms with Gasteiger partial charge in [0, 0.05) is 63.4 Å². The largest absolute Gasteiger partial charge is 0.582 e. The second kappa shape index (κ2) is 21.1. The Labute approximate surface area is 439 Å².